The van der Waals surface area contributed by atoms with Gasteiger partial charge in [0.25, 0.3) is 0 Å². The Balaban J connectivity index is 1.63. The lowest BCUT2D eigenvalue weighted by Crippen LogP contribution is -2.43. The normalized spacial score (nSPS) is 38.3. The van der Waals surface area contributed by atoms with E-state index in [0.717, 1.165) is 30.4 Å². The fourth-order valence-electron chi connectivity index (χ4n) is 6.16. The minimum absolute atomic E-state index is 0.241. The van der Waals surface area contributed by atoms with Crippen molar-refractivity contribution in [2.75, 3.05) is 0 Å². The predicted molar refractivity (Wildman–Crippen MR) is 126 cm³/mol. The Bertz CT molecular complexity index is 680. The van der Waals surface area contributed by atoms with Crippen LogP contribution in [0.15, 0.2) is 21.5 Å². The van der Waals surface area contributed by atoms with Gasteiger partial charge in [-0.05, 0) is 98.4 Å². The molecule has 2 fully saturated rings. The van der Waals surface area contributed by atoms with Gasteiger partial charge in [-0.2, -0.15) is 0 Å². The number of ether oxygens (including phenoxy) is 1. The van der Waals surface area contributed by atoms with E-state index >= 15 is 0 Å². The van der Waals surface area contributed by atoms with Crippen LogP contribution in [0.3, 0.4) is 0 Å². The van der Waals surface area contributed by atoms with Crippen molar-refractivity contribution in [2.24, 2.45) is 23.2 Å². The second-order valence-electron chi connectivity index (χ2n) is 10.6. The van der Waals surface area contributed by atoms with Crippen LogP contribution in [0.2, 0.25) is 19.6 Å². The topological polar surface area (TPSA) is 35.5 Å². The number of fused-ring (bicyclic) bond motifs is 1. The van der Waals surface area contributed by atoms with Crippen LogP contribution in [0.4, 0.5) is 0 Å². The Morgan fingerprint density at radius 1 is 1.36 bits per heavy atom. The molecule has 5 atom stereocenters. The van der Waals surface area contributed by atoms with Crippen LogP contribution in [0.25, 0.3) is 0 Å². The summed E-state index contributed by atoms with van der Waals surface area (Å²) in [5.41, 5.74) is 1.25. The molecule has 2 aliphatic carbocycles. The van der Waals surface area contributed by atoms with Gasteiger partial charge in [-0.1, -0.05) is 42.0 Å². The highest BCUT2D eigenvalue weighted by atomic mass is 127. The van der Waals surface area contributed by atoms with Crippen LogP contribution in [0, 0.1) is 23.2 Å². The van der Waals surface area contributed by atoms with Crippen LogP contribution in [0.1, 0.15) is 65.7 Å². The Labute approximate surface area is 186 Å². The second kappa shape index (κ2) is 8.18. The molecule has 0 spiro atoms. The number of halogens is 1. The van der Waals surface area contributed by atoms with E-state index in [9.17, 15) is 4.79 Å². The van der Waals surface area contributed by atoms with E-state index in [1.807, 2.05) is 13.0 Å². The van der Waals surface area contributed by atoms with Crippen molar-refractivity contribution in [2.45, 2.75) is 91.0 Å². The maximum atomic E-state index is 12.4. The summed E-state index contributed by atoms with van der Waals surface area (Å²) in [5, 5.41) is 0. The van der Waals surface area contributed by atoms with Crippen molar-refractivity contribution in [3.8, 4) is 0 Å². The van der Waals surface area contributed by atoms with E-state index in [1.54, 1.807) is 5.57 Å². The fraction of sp³-hybridized carbons (Fsp3) is 0.783. The second-order valence-corrected chi connectivity index (χ2v) is 15.7. The van der Waals surface area contributed by atoms with E-state index in [4.69, 9.17) is 9.16 Å². The first-order valence-electron chi connectivity index (χ1n) is 10.9. The third-order valence-electron chi connectivity index (χ3n) is 7.29. The van der Waals surface area contributed by atoms with Gasteiger partial charge in [0.2, 0.25) is 0 Å². The molecule has 2 saturated carbocycles. The number of rotatable bonds is 6. The Hall–Kier alpha value is -0.143. The third-order valence-corrected chi connectivity index (χ3v) is 9.13. The van der Waals surface area contributed by atoms with Gasteiger partial charge in [-0.15, -0.1) is 0 Å². The van der Waals surface area contributed by atoms with Gasteiger partial charge in [-0.25, -0.2) is 4.79 Å². The lowest BCUT2D eigenvalue weighted by Gasteiger charge is -2.44. The Morgan fingerprint density at radius 2 is 2.07 bits per heavy atom. The van der Waals surface area contributed by atoms with Crippen molar-refractivity contribution < 1.29 is 14.0 Å². The molecule has 0 saturated heterocycles. The summed E-state index contributed by atoms with van der Waals surface area (Å²) < 4.78 is 14.1. The summed E-state index contributed by atoms with van der Waals surface area (Å²) in [6.45, 7) is 13.1. The molecule has 0 bridgehead atoms. The minimum atomic E-state index is -1.82. The number of carbonyl (C=O) groups excluding carboxylic acids is 1. The maximum Gasteiger partial charge on any atom is 0.346 e. The number of hydrogen-bond acceptors (Lipinski definition) is 3. The SMILES string of the molecule is C[C@H](CCC1=C[C@@](C)(O[Si](C)(C)C)C(=O)O1)[C@H]1CCC2C(=CI)CCC[C@@]21C. The zero-order chi connectivity index (χ0) is 20.7. The molecule has 5 heteroatoms. The first-order valence-corrected chi connectivity index (χ1v) is 15.6. The summed E-state index contributed by atoms with van der Waals surface area (Å²) in [6.07, 6.45) is 10.5. The molecule has 0 radical (unpaired) electrons. The van der Waals surface area contributed by atoms with E-state index in [-0.39, 0.29) is 5.97 Å². The molecule has 0 aromatic carbocycles. The number of allylic oxidation sites excluding steroid dienone is 2. The molecule has 0 aromatic rings. The van der Waals surface area contributed by atoms with E-state index in [1.165, 1.54) is 32.1 Å². The zero-order valence-corrected chi connectivity index (χ0v) is 21.6. The molecule has 0 N–H and O–H groups in total. The van der Waals surface area contributed by atoms with Gasteiger partial charge in [0, 0.05) is 6.42 Å². The standard InChI is InChI=1S/C23H37IO3Si/c1-16(19-11-12-20-17(15-24)8-7-13-22(19,20)2)9-10-18-14-23(3,21(25)26-18)27-28(4,5)6/h14-16,19-20H,7-13H2,1-6H3/t16-,19-,20?,22-,23-/m1/s1. The van der Waals surface area contributed by atoms with Crippen LogP contribution >= 0.6 is 22.6 Å². The third kappa shape index (κ3) is 4.46. The summed E-state index contributed by atoms with van der Waals surface area (Å²) >= 11 is 2.44. The van der Waals surface area contributed by atoms with E-state index < -0.39 is 13.9 Å². The molecule has 1 heterocycles. The molecule has 3 aliphatic rings. The number of hydrogen-bond donors (Lipinski definition) is 0. The molecular formula is C23H37IO3Si. The largest absolute Gasteiger partial charge is 0.429 e. The number of carbonyl (C=O) groups is 1. The van der Waals surface area contributed by atoms with Gasteiger partial charge in [0.1, 0.15) is 5.76 Å². The van der Waals surface area contributed by atoms with Crippen molar-refractivity contribution in [3.05, 3.63) is 21.5 Å². The fourth-order valence-corrected chi connectivity index (χ4v) is 8.32. The molecule has 28 heavy (non-hydrogen) atoms. The molecule has 3 rings (SSSR count). The summed E-state index contributed by atoms with van der Waals surface area (Å²) in [5.74, 6) is 2.77. The first kappa shape index (κ1) is 22.5. The molecule has 3 nitrogen and oxygen atoms in total. The van der Waals surface area contributed by atoms with E-state index in [2.05, 4.69) is 60.2 Å². The predicted octanol–water partition coefficient (Wildman–Crippen LogP) is 6.99. The van der Waals surface area contributed by atoms with Crippen LogP contribution in [-0.2, 0) is 14.0 Å². The van der Waals surface area contributed by atoms with Gasteiger partial charge < -0.3 is 9.16 Å². The maximum absolute atomic E-state index is 12.4. The molecule has 0 amide bonds. The lowest BCUT2D eigenvalue weighted by atomic mass is 9.61. The zero-order valence-electron chi connectivity index (χ0n) is 18.4. The molecule has 0 aromatic heterocycles. The minimum Gasteiger partial charge on any atom is -0.429 e. The monoisotopic (exact) mass is 516 g/mol. The first-order chi connectivity index (χ1) is 13.0. The highest BCUT2D eigenvalue weighted by molar-refractivity contribution is 14.1. The average molecular weight is 517 g/mol. The van der Waals surface area contributed by atoms with Crippen molar-refractivity contribution in [3.63, 3.8) is 0 Å². The summed E-state index contributed by atoms with van der Waals surface area (Å²) in [4.78, 5) is 12.4. The molecule has 1 aliphatic heterocycles. The van der Waals surface area contributed by atoms with E-state index in [0.29, 0.717) is 11.3 Å². The number of cyclic esters (lactones) is 1. The van der Waals surface area contributed by atoms with Crippen LogP contribution in [0.5, 0.6) is 0 Å². The smallest absolute Gasteiger partial charge is 0.346 e. The highest BCUT2D eigenvalue weighted by Crippen LogP contribution is 2.60. The Morgan fingerprint density at radius 3 is 2.71 bits per heavy atom. The molecule has 1 unspecified atom stereocenters. The summed E-state index contributed by atoms with van der Waals surface area (Å²) in [7, 11) is -1.82. The average Bonchev–Trinajstić information content (AvgIpc) is 3.07. The quantitative estimate of drug-likeness (QED) is 0.217. The van der Waals surface area contributed by atoms with Crippen molar-refractivity contribution >= 4 is 36.9 Å². The van der Waals surface area contributed by atoms with Crippen LogP contribution < -0.4 is 0 Å². The van der Waals surface area contributed by atoms with Gasteiger partial charge in [-0.3, -0.25) is 0 Å². The summed E-state index contributed by atoms with van der Waals surface area (Å²) in [6, 6.07) is 0. The number of esters is 1. The Kier molecular flexibility index (Phi) is 6.58. The van der Waals surface area contributed by atoms with Crippen molar-refractivity contribution in [1.29, 1.82) is 0 Å². The molecule has 158 valence electrons. The van der Waals surface area contributed by atoms with Crippen LogP contribution in [-0.4, -0.2) is 19.9 Å². The van der Waals surface area contributed by atoms with Crippen molar-refractivity contribution in [1.82, 2.24) is 0 Å². The lowest BCUT2D eigenvalue weighted by molar-refractivity contribution is -0.149. The van der Waals surface area contributed by atoms with Gasteiger partial charge in [0.15, 0.2) is 13.9 Å². The highest BCUT2D eigenvalue weighted by Gasteiger charge is 2.50. The molecular weight excluding hydrogens is 479 g/mol. The van der Waals surface area contributed by atoms with Gasteiger partial charge in [0.05, 0.1) is 0 Å². The van der Waals surface area contributed by atoms with Gasteiger partial charge >= 0.3 is 5.97 Å².